The fraction of sp³-hybridized carbons (Fsp3) is 0.310. The number of methoxy groups -OCH3 is 1. The maximum Gasteiger partial charge on any atom is 0.242 e. The van der Waals surface area contributed by atoms with E-state index in [2.05, 4.69) is 5.32 Å². The molecule has 3 aromatic carbocycles. The lowest BCUT2D eigenvalue weighted by Crippen LogP contribution is -2.49. The maximum atomic E-state index is 13.7. The zero-order valence-electron chi connectivity index (χ0n) is 22.3. The zero-order valence-corrected chi connectivity index (χ0v) is 23.9. The van der Waals surface area contributed by atoms with Gasteiger partial charge in [-0.15, -0.1) is 0 Å². The molecule has 0 aromatic heterocycles. The molecule has 0 saturated carbocycles. The average Bonchev–Trinajstić information content (AvgIpc) is 2.93. The van der Waals surface area contributed by atoms with E-state index in [4.69, 9.17) is 16.3 Å². The summed E-state index contributed by atoms with van der Waals surface area (Å²) in [5.41, 5.74) is 2.07. The minimum absolute atomic E-state index is 0.0305. The van der Waals surface area contributed by atoms with Crippen LogP contribution in [0.3, 0.4) is 0 Å². The number of carbonyl (C=O) groups excluding carboxylic acids is 2. The van der Waals surface area contributed by atoms with E-state index in [-0.39, 0.29) is 37.7 Å². The fourth-order valence-electron chi connectivity index (χ4n) is 4.30. The summed E-state index contributed by atoms with van der Waals surface area (Å²) in [6, 6.07) is 22.6. The predicted octanol–water partition coefficient (Wildman–Crippen LogP) is 4.28. The van der Waals surface area contributed by atoms with Crippen LogP contribution in [0, 0.1) is 0 Å². The highest BCUT2D eigenvalue weighted by molar-refractivity contribution is 7.92. The van der Waals surface area contributed by atoms with Crippen molar-refractivity contribution in [3.8, 4) is 5.75 Å². The number of nitrogens with one attached hydrogen (secondary N) is 1. The molecule has 0 aliphatic carbocycles. The number of hydrogen-bond donors (Lipinski definition) is 1. The molecular formula is C29H34ClN3O5S. The third kappa shape index (κ3) is 8.46. The molecule has 0 bridgehead atoms. The first-order valence-electron chi connectivity index (χ1n) is 12.5. The quantitative estimate of drug-likeness (QED) is 0.330. The molecule has 0 saturated heterocycles. The molecule has 10 heteroatoms. The van der Waals surface area contributed by atoms with Crippen molar-refractivity contribution in [1.82, 2.24) is 10.2 Å². The Kier molecular flexibility index (Phi) is 10.8. The highest BCUT2D eigenvalue weighted by atomic mass is 35.5. The number of benzene rings is 3. The number of hydrogen-bond acceptors (Lipinski definition) is 5. The predicted molar refractivity (Wildman–Crippen MR) is 154 cm³/mol. The fourth-order valence-corrected chi connectivity index (χ4v) is 5.45. The molecule has 208 valence electrons. The van der Waals surface area contributed by atoms with Crippen molar-refractivity contribution in [2.24, 2.45) is 0 Å². The summed E-state index contributed by atoms with van der Waals surface area (Å²) in [5, 5.41) is 3.17. The molecule has 8 nitrogen and oxygen atoms in total. The maximum absolute atomic E-state index is 13.7. The zero-order chi connectivity index (χ0) is 28.4. The van der Waals surface area contributed by atoms with Crippen molar-refractivity contribution in [3.05, 3.63) is 95.0 Å². The second kappa shape index (κ2) is 14.0. The van der Waals surface area contributed by atoms with Crippen LogP contribution in [-0.2, 0) is 32.6 Å². The number of anilines is 1. The van der Waals surface area contributed by atoms with E-state index in [1.807, 2.05) is 42.5 Å². The van der Waals surface area contributed by atoms with E-state index in [0.29, 0.717) is 28.4 Å². The van der Waals surface area contributed by atoms with Crippen molar-refractivity contribution < 1.29 is 22.7 Å². The summed E-state index contributed by atoms with van der Waals surface area (Å²) in [5.74, 6) is -0.0515. The van der Waals surface area contributed by atoms with Crippen LogP contribution < -0.4 is 14.4 Å². The molecule has 0 unspecified atom stereocenters. The number of halogens is 1. The van der Waals surface area contributed by atoms with Crippen molar-refractivity contribution >= 4 is 39.1 Å². The van der Waals surface area contributed by atoms with Crippen LogP contribution in [0.4, 0.5) is 5.69 Å². The number of rotatable bonds is 13. The van der Waals surface area contributed by atoms with Crippen molar-refractivity contribution in [1.29, 1.82) is 0 Å². The standard InChI is InChI=1S/C29H34ClN3O5S/c1-31-29(35)27(19-22-11-5-4-6-12-22)32(21-23-13-7-8-16-26(23)30)28(34)17-10-18-33(39(3,36)37)24-14-9-15-25(20-24)38-2/h4-9,11-16,20,27H,10,17-19,21H2,1-3H3,(H,31,35)/t27-/m1/s1. The van der Waals surface area contributed by atoms with Gasteiger partial charge in [0.15, 0.2) is 0 Å². The summed E-state index contributed by atoms with van der Waals surface area (Å²) in [6.45, 7) is 0.218. The van der Waals surface area contributed by atoms with E-state index < -0.39 is 16.1 Å². The monoisotopic (exact) mass is 571 g/mol. The van der Waals surface area contributed by atoms with Gasteiger partial charge in [-0.2, -0.15) is 0 Å². The highest BCUT2D eigenvalue weighted by Crippen LogP contribution is 2.25. The van der Waals surface area contributed by atoms with Crippen LogP contribution in [0.5, 0.6) is 5.75 Å². The molecular weight excluding hydrogens is 538 g/mol. The number of carbonyl (C=O) groups is 2. The first kappa shape index (κ1) is 30.0. The van der Waals surface area contributed by atoms with Crippen LogP contribution in [0.25, 0.3) is 0 Å². The molecule has 0 spiro atoms. The molecule has 0 fully saturated rings. The lowest BCUT2D eigenvalue weighted by Gasteiger charge is -2.32. The van der Waals surface area contributed by atoms with Gasteiger partial charge in [0.1, 0.15) is 11.8 Å². The molecule has 2 amide bonds. The number of ether oxygens (including phenoxy) is 1. The molecule has 0 aliphatic rings. The van der Waals surface area contributed by atoms with E-state index in [1.54, 1.807) is 36.4 Å². The minimum atomic E-state index is -3.62. The lowest BCUT2D eigenvalue weighted by atomic mass is 10.0. The molecule has 0 radical (unpaired) electrons. The van der Waals surface area contributed by atoms with E-state index in [1.165, 1.54) is 23.4 Å². The van der Waals surface area contributed by atoms with Gasteiger partial charge in [-0.3, -0.25) is 13.9 Å². The van der Waals surface area contributed by atoms with Gasteiger partial charge < -0.3 is 15.0 Å². The largest absolute Gasteiger partial charge is 0.497 e. The van der Waals surface area contributed by atoms with E-state index in [9.17, 15) is 18.0 Å². The average molecular weight is 572 g/mol. The SMILES string of the molecule is CNC(=O)[C@@H](Cc1ccccc1)N(Cc1ccccc1Cl)C(=O)CCCN(c1cccc(OC)c1)S(C)(=O)=O. The highest BCUT2D eigenvalue weighted by Gasteiger charge is 2.30. The Hall–Kier alpha value is -3.56. The Balaban J connectivity index is 1.85. The first-order chi connectivity index (χ1) is 18.6. The third-order valence-electron chi connectivity index (χ3n) is 6.31. The molecule has 39 heavy (non-hydrogen) atoms. The second-order valence-electron chi connectivity index (χ2n) is 9.07. The van der Waals surface area contributed by atoms with Gasteiger partial charge in [0.05, 0.1) is 19.1 Å². The molecule has 0 heterocycles. The normalized spacial score (nSPS) is 11.9. The van der Waals surface area contributed by atoms with Gasteiger partial charge in [0.2, 0.25) is 21.8 Å². The molecule has 1 N–H and O–H groups in total. The summed E-state index contributed by atoms with van der Waals surface area (Å²) in [4.78, 5) is 28.3. The van der Waals surface area contributed by atoms with Crippen molar-refractivity contribution in [3.63, 3.8) is 0 Å². The van der Waals surface area contributed by atoms with Gasteiger partial charge in [-0.05, 0) is 35.7 Å². The summed E-state index contributed by atoms with van der Waals surface area (Å²) >= 11 is 6.42. The minimum Gasteiger partial charge on any atom is -0.497 e. The van der Waals surface area contributed by atoms with Crippen LogP contribution >= 0.6 is 11.6 Å². The van der Waals surface area contributed by atoms with E-state index in [0.717, 1.165) is 11.8 Å². The molecule has 1 atom stereocenters. The van der Waals surface area contributed by atoms with Gasteiger partial charge in [-0.25, -0.2) is 8.42 Å². The van der Waals surface area contributed by atoms with Crippen LogP contribution in [0.1, 0.15) is 24.0 Å². The number of likely N-dealkylation sites (N-methyl/N-ethyl adjacent to an activating group) is 1. The summed E-state index contributed by atoms with van der Waals surface area (Å²) in [7, 11) is -0.572. The Morgan fingerprint density at radius 3 is 2.33 bits per heavy atom. The van der Waals surface area contributed by atoms with Crippen LogP contribution in [-0.4, -0.2) is 58.1 Å². The third-order valence-corrected chi connectivity index (χ3v) is 7.87. The van der Waals surface area contributed by atoms with Gasteiger partial charge >= 0.3 is 0 Å². The molecule has 3 rings (SSSR count). The van der Waals surface area contributed by atoms with Gasteiger partial charge in [0, 0.05) is 44.1 Å². The molecule has 0 aliphatic heterocycles. The van der Waals surface area contributed by atoms with Crippen molar-refractivity contribution in [2.75, 3.05) is 31.3 Å². The Morgan fingerprint density at radius 2 is 1.69 bits per heavy atom. The number of amides is 2. The van der Waals surface area contributed by atoms with E-state index >= 15 is 0 Å². The smallest absolute Gasteiger partial charge is 0.242 e. The summed E-state index contributed by atoms with van der Waals surface area (Å²) < 4.78 is 31.6. The van der Waals surface area contributed by atoms with Crippen LogP contribution in [0.2, 0.25) is 5.02 Å². The summed E-state index contributed by atoms with van der Waals surface area (Å²) in [6.07, 6.45) is 1.71. The second-order valence-corrected chi connectivity index (χ2v) is 11.4. The first-order valence-corrected chi connectivity index (χ1v) is 14.8. The van der Waals surface area contributed by atoms with Gasteiger partial charge in [-0.1, -0.05) is 66.2 Å². The number of nitrogens with zero attached hydrogens (tertiary/aromatic N) is 2. The van der Waals surface area contributed by atoms with Crippen molar-refractivity contribution in [2.45, 2.75) is 31.8 Å². The Morgan fingerprint density at radius 1 is 1.00 bits per heavy atom. The number of sulfonamides is 1. The lowest BCUT2D eigenvalue weighted by molar-refractivity contribution is -0.141. The topological polar surface area (TPSA) is 96.0 Å². The molecule has 3 aromatic rings. The van der Waals surface area contributed by atoms with Gasteiger partial charge in [0.25, 0.3) is 0 Å². The Labute approximate surface area is 235 Å². The van der Waals surface area contributed by atoms with Crippen LogP contribution in [0.15, 0.2) is 78.9 Å². The Bertz CT molecular complexity index is 1370.